The average molecular weight is 287 g/mol. The lowest BCUT2D eigenvalue weighted by atomic mass is 10.0. The van der Waals surface area contributed by atoms with Crippen LogP contribution in [0, 0.1) is 0 Å². The van der Waals surface area contributed by atoms with E-state index in [-0.39, 0.29) is 12.2 Å². The van der Waals surface area contributed by atoms with Gasteiger partial charge in [0.25, 0.3) is 0 Å². The number of hydrogen-bond acceptors (Lipinski definition) is 2. The van der Waals surface area contributed by atoms with Gasteiger partial charge in [-0.25, -0.2) is 0 Å². The van der Waals surface area contributed by atoms with Gasteiger partial charge in [0.05, 0.1) is 12.2 Å². The third kappa shape index (κ3) is 14.3. The third-order valence-electron chi connectivity index (χ3n) is 4.11. The largest absolute Gasteiger partial charge is 0.393 e. The van der Waals surface area contributed by atoms with E-state index in [1.807, 2.05) is 0 Å². The van der Waals surface area contributed by atoms with E-state index in [9.17, 15) is 10.2 Å². The molecular formula is C18H38O2. The zero-order valence-corrected chi connectivity index (χ0v) is 13.9. The van der Waals surface area contributed by atoms with E-state index in [1.165, 1.54) is 44.9 Å². The average Bonchev–Trinajstić information content (AvgIpc) is 2.45. The lowest BCUT2D eigenvalue weighted by Crippen LogP contribution is -2.13. The van der Waals surface area contributed by atoms with Gasteiger partial charge in [-0.05, 0) is 25.7 Å². The Balaban J connectivity index is 3.25. The Morgan fingerprint density at radius 1 is 0.500 bits per heavy atom. The molecule has 0 saturated carbocycles. The smallest absolute Gasteiger partial charge is 0.0541 e. The molecule has 2 heteroatoms. The molecule has 0 aliphatic rings. The lowest BCUT2D eigenvalue weighted by molar-refractivity contribution is 0.101. The first-order valence-corrected chi connectivity index (χ1v) is 9.06. The topological polar surface area (TPSA) is 40.5 Å². The van der Waals surface area contributed by atoms with Crippen LogP contribution in [0.1, 0.15) is 104 Å². The highest BCUT2D eigenvalue weighted by Crippen LogP contribution is 2.14. The van der Waals surface area contributed by atoms with Crippen LogP contribution >= 0.6 is 0 Å². The third-order valence-corrected chi connectivity index (χ3v) is 4.11. The van der Waals surface area contributed by atoms with Gasteiger partial charge >= 0.3 is 0 Å². The molecule has 0 rings (SSSR count). The van der Waals surface area contributed by atoms with Crippen molar-refractivity contribution >= 4 is 0 Å². The Hall–Kier alpha value is -0.0800. The summed E-state index contributed by atoms with van der Waals surface area (Å²) in [6.07, 6.45) is 15.7. The van der Waals surface area contributed by atoms with Crippen LogP contribution in [0.15, 0.2) is 0 Å². The molecule has 0 amide bonds. The summed E-state index contributed by atoms with van der Waals surface area (Å²) in [5.41, 5.74) is 0. The molecule has 0 heterocycles. The zero-order chi connectivity index (χ0) is 15.1. The summed E-state index contributed by atoms with van der Waals surface area (Å²) in [6, 6.07) is 0. The predicted molar refractivity (Wildman–Crippen MR) is 88.0 cm³/mol. The van der Waals surface area contributed by atoms with Gasteiger partial charge < -0.3 is 10.2 Å². The molecule has 0 saturated heterocycles. The van der Waals surface area contributed by atoms with E-state index in [2.05, 4.69) is 13.8 Å². The van der Waals surface area contributed by atoms with Crippen LogP contribution in [-0.2, 0) is 0 Å². The summed E-state index contributed by atoms with van der Waals surface area (Å²) in [5, 5.41) is 19.6. The lowest BCUT2D eigenvalue weighted by Gasteiger charge is -2.14. The zero-order valence-electron chi connectivity index (χ0n) is 13.9. The number of rotatable bonds is 15. The molecular weight excluding hydrogens is 248 g/mol. The molecule has 0 aromatic rings. The number of unbranched alkanes of at least 4 members (excludes halogenated alkanes) is 8. The minimum Gasteiger partial charge on any atom is -0.393 e. The van der Waals surface area contributed by atoms with Crippen LogP contribution in [0.4, 0.5) is 0 Å². The molecule has 2 N–H and O–H groups in total. The Morgan fingerprint density at radius 2 is 0.900 bits per heavy atom. The second kappa shape index (κ2) is 15.3. The van der Waals surface area contributed by atoms with Crippen molar-refractivity contribution in [2.75, 3.05) is 0 Å². The van der Waals surface area contributed by atoms with Gasteiger partial charge in [-0.15, -0.1) is 0 Å². The quantitative estimate of drug-likeness (QED) is 0.406. The molecule has 0 aromatic heterocycles. The van der Waals surface area contributed by atoms with E-state index in [1.54, 1.807) is 0 Å². The summed E-state index contributed by atoms with van der Waals surface area (Å²) in [7, 11) is 0. The number of aliphatic hydroxyl groups is 2. The molecule has 2 atom stereocenters. The van der Waals surface area contributed by atoms with Crippen LogP contribution in [-0.4, -0.2) is 22.4 Å². The van der Waals surface area contributed by atoms with Crippen molar-refractivity contribution in [3.63, 3.8) is 0 Å². The molecule has 20 heavy (non-hydrogen) atoms. The van der Waals surface area contributed by atoms with E-state index < -0.39 is 0 Å². The predicted octanol–water partition coefficient (Wildman–Crippen LogP) is 5.21. The van der Waals surface area contributed by atoms with Crippen molar-refractivity contribution < 1.29 is 10.2 Å². The second-order valence-electron chi connectivity index (χ2n) is 6.29. The van der Waals surface area contributed by atoms with Gasteiger partial charge in [0.1, 0.15) is 0 Å². The normalized spacial score (nSPS) is 14.4. The molecule has 0 spiro atoms. The van der Waals surface area contributed by atoms with Gasteiger partial charge in [-0.1, -0.05) is 78.1 Å². The van der Waals surface area contributed by atoms with Crippen molar-refractivity contribution in [3.05, 3.63) is 0 Å². The first kappa shape index (κ1) is 19.9. The fraction of sp³-hybridized carbons (Fsp3) is 1.00. The summed E-state index contributed by atoms with van der Waals surface area (Å²) in [4.78, 5) is 0. The van der Waals surface area contributed by atoms with E-state index >= 15 is 0 Å². The number of aliphatic hydroxyl groups excluding tert-OH is 2. The van der Waals surface area contributed by atoms with Crippen LogP contribution in [0.5, 0.6) is 0 Å². The first-order valence-electron chi connectivity index (χ1n) is 9.06. The molecule has 122 valence electrons. The maximum atomic E-state index is 9.89. The molecule has 0 fully saturated rings. The van der Waals surface area contributed by atoms with Gasteiger partial charge in [0, 0.05) is 0 Å². The maximum absolute atomic E-state index is 9.89. The Morgan fingerprint density at radius 3 is 1.40 bits per heavy atom. The van der Waals surface area contributed by atoms with Crippen LogP contribution < -0.4 is 0 Å². The van der Waals surface area contributed by atoms with Gasteiger partial charge in [-0.3, -0.25) is 0 Å². The Bertz CT molecular complexity index is 182. The fourth-order valence-electron chi connectivity index (χ4n) is 2.63. The monoisotopic (exact) mass is 286 g/mol. The molecule has 0 aliphatic heterocycles. The van der Waals surface area contributed by atoms with Crippen LogP contribution in [0.2, 0.25) is 0 Å². The molecule has 0 radical (unpaired) electrons. The van der Waals surface area contributed by atoms with Crippen molar-refractivity contribution in [1.82, 2.24) is 0 Å². The molecule has 0 aliphatic carbocycles. The van der Waals surface area contributed by atoms with Crippen LogP contribution in [0.3, 0.4) is 0 Å². The van der Waals surface area contributed by atoms with E-state index in [0.717, 1.165) is 44.9 Å². The SMILES string of the molecule is CCCCCCCCCCC(O)CCC(O)CCCC. The molecule has 2 unspecified atom stereocenters. The van der Waals surface area contributed by atoms with Crippen molar-refractivity contribution in [3.8, 4) is 0 Å². The second-order valence-corrected chi connectivity index (χ2v) is 6.29. The molecule has 2 nitrogen and oxygen atoms in total. The van der Waals surface area contributed by atoms with Gasteiger partial charge in [0.2, 0.25) is 0 Å². The fourth-order valence-corrected chi connectivity index (χ4v) is 2.63. The molecule has 0 bridgehead atoms. The minimum atomic E-state index is -0.205. The highest BCUT2D eigenvalue weighted by atomic mass is 16.3. The minimum absolute atomic E-state index is 0.202. The standard InChI is InChI=1S/C18H38O2/c1-3-5-7-8-9-10-11-12-14-18(20)16-15-17(19)13-6-4-2/h17-20H,3-16H2,1-2H3. The number of hydrogen-bond donors (Lipinski definition) is 2. The summed E-state index contributed by atoms with van der Waals surface area (Å²) in [5.74, 6) is 0. The summed E-state index contributed by atoms with van der Waals surface area (Å²) in [6.45, 7) is 4.39. The van der Waals surface area contributed by atoms with Gasteiger partial charge in [0.15, 0.2) is 0 Å². The first-order chi connectivity index (χ1) is 9.70. The Kier molecular flexibility index (Phi) is 15.3. The maximum Gasteiger partial charge on any atom is 0.0541 e. The molecule has 0 aromatic carbocycles. The highest BCUT2D eigenvalue weighted by molar-refractivity contribution is 4.62. The van der Waals surface area contributed by atoms with Crippen molar-refractivity contribution in [1.29, 1.82) is 0 Å². The van der Waals surface area contributed by atoms with Crippen LogP contribution in [0.25, 0.3) is 0 Å². The van der Waals surface area contributed by atoms with E-state index in [4.69, 9.17) is 0 Å². The highest BCUT2D eigenvalue weighted by Gasteiger charge is 2.08. The van der Waals surface area contributed by atoms with Crippen molar-refractivity contribution in [2.45, 2.75) is 116 Å². The Labute approximate surface area is 127 Å². The summed E-state index contributed by atoms with van der Waals surface area (Å²) >= 11 is 0. The van der Waals surface area contributed by atoms with Gasteiger partial charge in [-0.2, -0.15) is 0 Å². The summed E-state index contributed by atoms with van der Waals surface area (Å²) < 4.78 is 0. The van der Waals surface area contributed by atoms with E-state index in [0.29, 0.717) is 0 Å². The van der Waals surface area contributed by atoms with Crippen molar-refractivity contribution in [2.24, 2.45) is 0 Å².